The number of nitrogens with zero attached hydrogens (tertiary/aromatic N) is 3. The van der Waals surface area contributed by atoms with Gasteiger partial charge >= 0.3 is 0 Å². The van der Waals surface area contributed by atoms with E-state index in [4.69, 9.17) is 44.8 Å². The molecule has 0 atom stereocenters. The van der Waals surface area contributed by atoms with E-state index in [1.54, 1.807) is 0 Å². The smallest absolute Gasteiger partial charge is 0.180 e. The van der Waals surface area contributed by atoms with Gasteiger partial charge in [0.1, 0.15) is 0 Å². The van der Waals surface area contributed by atoms with Crippen LogP contribution in [0.3, 0.4) is 0 Å². The fourth-order valence-corrected chi connectivity index (χ4v) is 6.28. The SMILES string of the molecule is CCC1=C(C)c2cc3nc(cc4c(C)c(C)c(cc5[nH]c(cc1n2)c(CC)c5C)n4-c1ccccc1)C(C)=C3C.ClC(Cl)Cl. The summed E-state index contributed by atoms with van der Waals surface area (Å²) in [4.78, 5) is 14.1. The molecular formula is C37H39Cl3N4. The minimum Gasteiger partial charge on any atom is -0.355 e. The quantitative estimate of drug-likeness (QED) is 0.225. The molecule has 5 heterocycles. The summed E-state index contributed by atoms with van der Waals surface area (Å²) in [6.45, 7) is 17.7. The van der Waals surface area contributed by atoms with Crippen LogP contribution in [-0.4, -0.2) is 23.8 Å². The molecule has 0 spiro atoms. The number of nitrogens with one attached hydrogen (secondary N) is 1. The molecule has 4 aromatic rings. The van der Waals surface area contributed by atoms with Gasteiger partial charge in [0.05, 0.1) is 33.8 Å². The second kappa shape index (κ2) is 13.0. The van der Waals surface area contributed by atoms with Crippen LogP contribution in [0.25, 0.3) is 50.0 Å². The number of aromatic amines is 1. The molecule has 3 aromatic heterocycles. The Balaban J connectivity index is 0.000000906. The summed E-state index contributed by atoms with van der Waals surface area (Å²) in [5.74, 6) is 0. The fraction of sp³-hybridized carbons (Fsp3) is 0.297. The van der Waals surface area contributed by atoms with E-state index < -0.39 is 4.30 Å². The first-order valence-corrected chi connectivity index (χ1v) is 16.4. The van der Waals surface area contributed by atoms with Gasteiger partial charge in [-0.25, -0.2) is 9.97 Å². The van der Waals surface area contributed by atoms with Gasteiger partial charge in [0, 0.05) is 16.7 Å². The normalized spacial score (nSPS) is 13.1. The van der Waals surface area contributed by atoms with E-state index in [9.17, 15) is 0 Å². The lowest BCUT2D eigenvalue weighted by Gasteiger charge is -2.07. The number of aryl methyl sites for hydroxylation is 4. The van der Waals surface area contributed by atoms with E-state index in [2.05, 4.69) is 120 Å². The Labute approximate surface area is 275 Å². The number of para-hydroxylation sites is 1. The Morgan fingerprint density at radius 1 is 0.636 bits per heavy atom. The average molecular weight is 646 g/mol. The van der Waals surface area contributed by atoms with E-state index in [1.807, 2.05) is 0 Å². The molecular weight excluding hydrogens is 607 g/mol. The lowest BCUT2D eigenvalue weighted by molar-refractivity contribution is 1.14. The summed E-state index contributed by atoms with van der Waals surface area (Å²) in [5.41, 5.74) is 20.0. The van der Waals surface area contributed by atoms with Crippen LogP contribution in [0, 0.1) is 20.8 Å². The zero-order valence-corrected chi connectivity index (χ0v) is 28.9. The number of fused-ring (bicyclic) bond motifs is 8. The number of aromatic nitrogens is 4. The third-order valence-electron chi connectivity index (χ3n) is 9.05. The summed E-state index contributed by atoms with van der Waals surface area (Å²) in [7, 11) is 0. The van der Waals surface area contributed by atoms with Crippen LogP contribution in [0.1, 0.15) is 86.1 Å². The predicted octanol–water partition coefficient (Wildman–Crippen LogP) is 11.5. The van der Waals surface area contributed by atoms with Gasteiger partial charge in [-0.2, -0.15) is 0 Å². The molecule has 0 fully saturated rings. The number of halogens is 3. The van der Waals surface area contributed by atoms with Gasteiger partial charge in [0.25, 0.3) is 0 Å². The van der Waals surface area contributed by atoms with Crippen molar-refractivity contribution in [1.29, 1.82) is 0 Å². The molecule has 6 rings (SSSR count). The number of allylic oxidation sites excluding steroid dienone is 4. The molecule has 44 heavy (non-hydrogen) atoms. The summed E-state index contributed by atoms with van der Waals surface area (Å²) in [6.07, 6.45) is 1.90. The van der Waals surface area contributed by atoms with Crippen LogP contribution in [0.2, 0.25) is 0 Å². The van der Waals surface area contributed by atoms with Gasteiger partial charge in [-0.3, -0.25) is 0 Å². The number of rotatable bonds is 3. The van der Waals surface area contributed by atoms with Crippen LogP contribution in [-0.2, 0) is 6.42 Å². The first-order chi connectivity index (χ1) is 21.0. The van der Waals surface area contributed by atoms with Crippen molar-refractivity contribution in [2.75, 3.05) is 0 Å². The molecule has 0 radical (unpaired) electrons. The number of alkyl halides is 3. The second-order valence-electron chi connectivity index (χ2n) is 11.4. The van der Waals surface area contributed by atoms with E-state index in [0.29, 0.717) is 0 Å². The van der Waals surface area contributed by atoms with E-state index >= 15 is 0 Å². The monoisotopic (exact) mass is 644 g/mol. The van der Waals surface area contributed by atoms with Gasteiger partial charge in [-0.15, -0.1) is 0 Å². The van der Waals surface area contributed by atoms with Crippen molar-refractivity contribution in [3.8, 4) is 5.69 Å². The van der Waals surface area contributed by atoms with E-state index in [-0.39, 0.29) is 0 Å². The van der Waals surface area contributed by atoms with Crippen molar-refractivity contribution in [3.63, 3.8) is 0 Å². The van der Waals surface area contributed by atoms with Gasteiger partial charge < -0.3 is 9.55 Å². The van der Waals surface area contributed by atoms with Gasteiger partial charge in [-0.1, -0.05) is 66.8 Å². The lowest BCUT2D eigenvalue weighted by atomic mass is 10.0. The Bertz CT molecular complexity index is 1970. The lowest BCUT2D eigenvalue weighted by Crippen LogP contribution is -1.93. The van der Waals surface area contributed by atoms with Crippen molar-refractivity contribution < 1.29 is 0 Å². The molecule has 4 nitrogen and oxygen atoms in total. The van der Waals surface area contributed by atoms with Crippen LogP contribution in [0.4, 0.5) is 0 Å². The summed E-state index contributed by atoms with van der Waals surface area (Å²) >= 11 is 14.4. The molecule has 228 valence electrons. The topological polar surface area (TPSA) is 46.5 Å². The molecule has 0 unspecified atom stereocenters. The molecule has 2 aliphatic heterocycles. The van der Waals surface area contributed by atoms with Gasteiger partial charge in [0.2, 0.25) is 0 Å². The molecule has 7 heteroatoms. The highest BCUT2D eigenvalue weighted by molar-refractivity contribution is 6.63. The molecule has 1 N–H and O–H groups in total. The van der Waals surface area contributed by atoms with Gasteiger partial charge in [0.15, 0.2) is 4.30 Å². The Hall–Kier alpha value is -3.31. The van der Waals surface area contributed by atoms with Gasteiger partial charge in [-0.05, 0) is 135 Å². The van der Waals surface area contributed by atoms with Crippen molar-refractivity contribution in [2.45, 2.75) is 72.5 Å². The van der Waals surface area contributed by atoms with Crippen LogP contribution < -0.4 is 0 Å². The van der Waals surface area contributed by atoms with E-state index in [0.717, 1.165) is 52.3 Å². The molecule has 0 saturated carbocycles. The minimum atomic E-state index is -0.750. The number of hydrogen-bond acceptors (Lipinski definition) is 2. The average Bonchev–Trinajstić information content (AvgIpc) is 3.62. The first-order valence-electron chi connectivity index (χ1n) is 15.1. The van der Waals surface area contributed by atoms with Crippen molar-refractivity contribution in [1.82, 2.24) is 19.5 Å². The largest absolute Gasteiger partial charge is 0.355 e. The highest BCUT2D eigenvalue weighted by atomic mass is 35.6. The third kappa shape index (κ3) is 5.88. The van der Waals surface area contributed by atoms with Crippen LogP contribution in [0.15, 0.2) is 54.6 Å². The highest BCUT2D eigenvalue weighted by Crippen LogP contribution is 2.37. The summed E-state index contributed by atoms with van der Waals surface area (Å²) in [6, 6.07) is 19.7. The maximum atomic E-state index is 5.17. The molecule has 0 aliphatic carbocycles. The zero-order chi connectivity index (χ0) is 31.9. The highest BCUT2D eigenvalue weighted by Gasteiger charge is 2.20. The number of benzene rings is 1. The van der Waals surface area contributed by atoms with Crippen molar-refractivity contribution in [2.24, 2.45) is 0 Å². The summed E-state index contributed by atoms with van der Waals surface area (Å²) in [5, 5.41) is 0. The predicted molar refractivity (Wildman–Crippen MR) is 192 cm³/mol. The fourth-order valence-electron chi connectivity index (χ4n) is 6.28. The Kier molecular flexibility index (Phi) is 9.46. The summed E-state index contributed by atoms with van der Waals surface area (Å²) < 4.78 is 1.64. The maximum Gasteiger partial charge on any atom is 0.180 e. The second-order valence-corrected chi connectivity index (χ2v) is 13.4. The molecule has 1 aromatic carbocycles. The van der Waals surface area contributed by atoms with Crippen LogP contribution >= 0.6 is 34.8 Å². The molecule has 8 bridgehead atoms. The molecule has 2 aliphatic rings. The zero-order valence-electron chi connectivity index (χ0n) is 26.7. The molecule has 0 saturated heterocycles. The number of hydrogen-bond donors (Lipinski definition) is 1. The maximum absolute atomic E-state index is 5.17. The Morgan fingerprint density at radius 2 is 1.18 bits per heavy atom. The van der Waals surface area contributed by atoms with Crippen LogP contribution in [0.5, 0.6) is 0 Å². The van der Waals surface area contributed by atoms with Crippen molar-refractivity contribution in [3.05, 3.63) is 99.6 Å². The first kappa shape index (κ1) is 32.1. The minimum absolute atomic E-state index is 0.750. The Morgan fingerprint density at radius 3 is 1.77 bits per heavy atom. The standard InChI is InChI=1S/C36H38N4.CHCl3/c1-9-27-24(7)30-16-29-20(3)21(4)31(37-29)18-35-22(5)23(6)36(40(35)26-14-12-11-13-15-26)19-32-25(8)28(10-2)34(39-32)17-33(27)38-30;2-1(3)4/h11-19,39H,9-10H2,1-8H3;1H. The third-order valence-corrected chi connectivity index (χ3v) is 9.05. The van der Waals surface area contributed by atoms with E-state index in [1.165, 1.54) is 55.6 Å². The molecule has 0 amide bonds. The number of H-pyrrole nitrogens is 1. The van der Waals surface area contributed by atoms with Crippen molar-refractivity contribution >= 4 is 79.2 Å².